The van der Waals surface area contributed by atoms with Gasteiger partial charge in [0, 0.05) is 29.9 Å². The molecule has 2 heterocycles. The van der Waals surface area contributed by atoms with Gasteiger partial charge in [-0.3, -0.25) is 14.6 Å². The molecule has 1 aliphatic heterocycles. The molecule has 6 nitrogen and oxygen atoms in total. The Kier molecular flexibility index (Phi) is 8.89. The minimum absolute atomic E-state index is 0. The number of carboxylic acids is 1. The predicted octanol–water partition coefficient (Wildman–Crippen LogP) is 5.16. The van der Waals surface area contributed by atoms with Gasteiger partial charge in [-0.15, -0.1) is 12.4 Å². The van der Waals surface area contributed by atoms with E-state index in [4.69, 9.17) is 10.7 Å². The average Bonchev–Trinajstić information content (AvgIpc) is 2.72. The number of hydrogen-bond donors (Lipinski definition) is 2. The SMILES string of the molecule is Cc1ccc(-c2c(CN)c(CC(C)C)nc(C)c2C(=O)N2CCC(C(=O)O)CC2(C)C)cc1.Cl. The van der Waals surface area contributed by atoms with Gasteiger partial charge in [-0.25, -0.2) is 0 Å². The summed E-state index contributed by atoms with van der Waals surface area (Å²) >= 11 is 0. The van der Waals surface area contributed by atoms with E-state index in [2.05, 4.69) is 13.8 Å². The van der Waals surface area contributed by atoms with E-state index in [1.807, 2.05) is 56.9 Å². The van der Waals surface area contributed by atoms with Crippen LogP contribution in [0.1, 0.15) is 73.4 Å². The summed E-state index contributed by atoms with van der Waals surface area (Å²) < 4.78 is 0. The number of rotatable bonds is 6. The van der Waals surface area contributed by atoms with Crippen LogP contribution in [0.5, 0.6) is 0 Å². The van der Waals surface area contributed by atoms with Crippen molar-refractivity contribution in [2.24, 2.45) is 17.6 Å². The van der Waals surface area contributed by atoms with Crippen LogP contribution >= 0.6 is 12.4 Å². The van der Waals surface area contributed by atoms with Gasteiger partial charge in [0.25, 0.3) is 5.91 Å². The Bertz CT molecular complexity index is 1050. The summed E-state index contributed by atoms with van der Waals surface area (Å²) in [6.45, 7) is 12.8. The van der Waals surface area contributed by atoms with Crippen molar-refractivity contribution in [1.82, 2.24) is 9.88 Å². The van der Waals surface area contributed by atoms with Crippen LogP contribution in [0.25, 0.3) is 11.1 Å². The van der Waals surface area contributed by atoms with Crippen molar-refractivity contribution in [3.8, 4) is 11.1 Å². The Morgan fingerprint density at radius 1 is 1.21 bits per heavy atom. The molecule has 1 aromatic heterocycles. The van der Waals surface area contributed by atoms with Gasteiger partial charge in [-0.1, -0.05) is 43.7 Å². The largest absolute Gasteiger partial charge is 0.481 e. The number of nitrogens with two attached hydrogens (primary N) is 1. The smallest absolute Gasteiger partial charge is 0.306 e. The molecule has 0 bridgehead atoms. The van der Waals surface area contributed by atoms with Crippen molar-refractivity contribution in [3.63, 3.8) is 0 Å². The highest BCUT2D eigenvalue weighted by molar-refractivity contribution is 6.03. The van der Waals surface area contributed by atoms with E-state index >= 15 is 0 Å². The zero-order valence-corrected chi connectivity index (χ0v) is 22.0. The summed E-state index contributed by atoms with van der Waals surface area (Å²) in [6, 6.07) is 8.18. The number of amides is 1. The molecule has 1 saturated heterocycles. The fourth-order valence-electron chi connectivity index (χ4n) is 5.00. The predicted molar refractivity (Wildman–Crippen MR) is 138 cm³/mol. The molecule has 186 valence electrons. The second-order valence-corrected chi connectivity index (χ2v) is 10.3. The number of carboxylic acid groups (broad SMARTS) is 1. The van der Waals surface area contributed by atoms with Crippen LogP contribution < -0.4 is 5.73 Å². The molecular formula is C27H38ClN3O3. The Labute approximate surface area is 209 Å². The van der Waals surface area contributed by atoms with Gasteiger partial charge in [0.2, 0.25) is 0 Å². The molecule has 0 spiro atoms. The number of halogens is 1. The Hall–Kier alpha value is -2.44. The number of aryl methyl sites for hydroxylation is 2. The summed E-state index contributed by atoms with van der Waals surface area (Å²) in [5, 5.41) is 9.52. The van der Waals surface area contributed by atoms with Gasteiger partial charge in [-0.2, -0.15) is 0 Å². The van der Waals surface area contributed by atoms with Crippen LogP contribution in [0.3, 0.4) is 0 Å². The van der Waals surface area contributed by atoms with Crippen molar-refractivity contribution in [2.45, 2.75) is 72.9 Å². The van der Waals surface area contributed by atoms with Crippen LogP contribution in [0, 0.1) is 25.7 Å². The van der Waals surface area contributed by atoms with Gasteiger partial charge < -0.3 is 15.7 Å². The molecule has 1 amide bonds. The van der Waals surface area contributed by atoms with E-state index < -0.39 is 17.4 Å². The van der Waals surface area contributed by atoms with Crippen molar-refractivity contribution < 1.29 is 14.7 Å². The molecule has 3 rings (SSSR count). The van der Waals surface area contributed by atoms with E-state index in [0.717, 1.165) is 34.4 Å². The number of likely N-dealkylation sites (tertiary alicyclic amines) is 1. The first-order chi connectivity index (χ1) is 15.5. The molecule has 1 aromatic carbocycles. The Morgan fingerprint density at radius 3 is 2.32 bits per heavy atom. The van der Waals surface area contributed by atoms with E-state index in [9.17, 15) is 14.7 Å². The number of aromatic nitrogens is 1. The fourth-order valence-corrected chi connectivity index (χ4v) is 5.00. The molecule has 1 unspecified atom stereocenters. The highest BCUT2D eigenvalue weighted by atomic mass is 35.5. The molecule has 0 saturated carbocycles. The van der Waals surface area contributed by atoms with Crippen LogP contribution in [-0.2, 0) is 17.8 Å². The first kappa shape index (κ1) is 27.8. The average molecular weight is 488 g/mol. The maximum absolute atomic E-state index is 14.1. The molecule has 7 heteroatoms. The minimum atomic E-state index is -0.795. The standard InChI is InChI=1S/C27H37N3O3.ClH/c1-16(2)13-22-21(15-28)24(19-9-7-17(3)8-10-19)23(18(4)29-22)25(31)30-12-11-20(26(32)33)14-27(30,5)6;/h7-10,16,20H,11-15,28H2,1-6H3,(H,32,33);1H. The lowest BCUT2D eigenvalue weighted by atomic mass is 9.81. The van der Waals surface area contributed by atoms with Crippen molar-refractivity contribution in [3.05, 3.63) is 52.3 Å². The van der Waals surface area contributed by atoms with Crippen LogP contribution in [0.15, 0.2) is 24.3 Å². The van der Waals surface area contributed by atoms with Gasteiger partial charge in [0.05, 0.1) is 17.2 Å². The zero-order valence-electron chi connectivity index (χ0n) is 21.1. The molecule has 1 aliphatic rings. The maximum atomic E-state index is 14.1. The van der Waals surface area contributed by atoms with Crippen molar-refractivity contribution >= 4 is 24.3 Å². The third-order valence-corrected chi connectivity index (χ3v) is 6.70. The molecule has 1 atom stereocenters. The number of aliphatic carboxylic acids is 1. The molecule has 0 radical (unpaired) electrons. The minimum Gasteiger partial charge on any atom is -0.481 e. The lowest BCUT2D eigenvalue weighted by Gasteiger charge is -2.45. The molecule has 34 heavy (non-hydrogen) atoms. The number of hydrogen-bond acceptors (Lipinski definition) is 4. The normalized spacial score (nSPS) is 17.4. The number of nitrogens with zero attached hydrogens (tertiary/aromatic N) is 2. The molecule has 2 aromatic rings. The quantitative estimate of drug-likeness (QED) is 0.586. The summed E-state index contributed by atoms with van der Waals surface area (Å²) in [4.78, 5) is 32.4. The van der Waals surface area contributed by atoms with Gasteiger partial charge in [0.1, 0.15) is 0 Å². The Morgan fingerprint density at radius 2 is 1.82 bits per heavy atom. The second kappa shape index (κ2) is 10.9. The zero-order chi connectivity index (χ0) is 24.5. The topological polar surface area (TPSA) is 96.5 Å². The number of carbonyl (C=O) groups is 2. The van der Waals surface area contributed by atoms with Crippen molar-refractivity contribution in [1.29, 1.82) is 0 Å². The second-order valence-electron chi connectivity index (χ2n) is 10.3. The van der Waals surface area contributed by atoms with Crippen LogP contribution in [0.4, 0.5) is 0 Å². The van der Waals surface area contributed by atoms with Gasteiger partial charge in [-0.05, 0) is 64.0 Å². The van der Waals surface area contributed by atoms with E-state index in [0.29, 0.717) is 43.1 Å². The molecule has 1 fully saturated rings. The first-order valence-electron chi connectivity index (χ1n) is 11.8. The van der Waals surface area contributed by atoms with Gasteiger partial charge >= 0.3 is 5.97 Å². The summed E-state index contributed by atoms with van der Waals surface area (Å²) in [5.74, 6) is -0.927. The highest BCUT2D eigenvalue weighted by Gasteiger charge is 2.41. The van der Waals surface area contributed by atoms with Crippen LogP contribution in [0.2, 0.25) is 0 Å². The summed E-state index contributed by atoms with van der Waals surface area (Å²) in [6.07, 6.45) is 1.66. The summed E-state index contributed by atoms with van der Waals surface area (Å²) in [7, 11) is 0. The van der Waals surface area contributed by atoms with Crippen LogP contribution in [-0.4, -0.2) is 39.0 Å². The first-order valence-corrected chi connectivity index (χ1v) is 11.8. The van der Waals surface area contributed by atoms with E-state index in [-0.39, 0.29) is 18.3 Å². The highest BCUT2D eigenvalue weighted by Crippen LogP contribution is 2.37. The number of pyridine rings is 1. The Balaban J connectivity index is 0.00000408. The van der Waals surface area contributed by atoms with Gasteiger partial charge in [0.15, 0.2) is 0 Å². The molecule has 3 N–H and O–H groups in total. The number of benzene rings is 1. The lowest BCUT2D eigenvalue weighted by Crippen LogP contribution is -2.54. The number of carbonyl (C=O) groups excluding carboxylic acids is 1. The summed E-state index contributed by atoms with van der Waals surface area (Å²) in [5.41, 5.74) is 11.8. The third kappa shape index (κ3) is 5.61. The maximum Gasteiger partial charge on any atom is 0.306 e. The third-order valence-electron chi connectivity index (χ3n) is 6.70. The molecule has 0 aliphatic carbocycles. The monoisotopic (exact) mass is 487 g/mol. The van der Waals surface area contributed by atoms with E-state index in [1.54, 1.807) is 0 Å². The van der Waals surface area contributed by atoms with E-state index in [1.165, 1.54) is 0 Å². The van der Waals surface area contributed by atoms with Crippen molar-refractivity contribution in [2.75, 3.05) is 6.54 Å². The lowest BCUT2D eigenvalue weighted by molar-refractivity contribution is -0.144. The molecular weight excluding hydrogens is 450 g/mol. The fraction of sp³-hybridized carbons (Fsp3) is 0.519. The number of piperidine rings is 1.